The van der Waals surface area contributed by atoms with E-state index < -0.39 is 10.0 Å². The molecule has 6 heteroatoms. The lowest BCUT2D eigenvalue weighted by molar-refractivity contribution is 0.600. The Hall–Kier alpha value is -1.28. The molecule has 0 saturated carbocycles. The van der Waals surface area contributed by atoms with Gasteiger partial charge in [0.15, 0.2) is 0 Å². The summed E-state index contributed by atoms with van der Waals surface area (Å²) in [6.45, 7) is 1.74. The van der Waals surface area contributed by atoms with Crippen LogP contribution in [0, 0.1) is 10.5 Å². The number of benzene rings is 2. The quantitative estimate of drug-likeness (QED) is 0.627. The number of sulfonamides is 1. The predicted octanol–water partition coefficient (Wildman–Crippen LogP) is 2.98. The first-order valence-electron chi connectivity index (χ1n) is 5.53. The fourth-order valence-electron chi connectivity index (χ4n) is 1.63. The maximum Gasteiger partial charge on any atom is 0.262 e. The third-order valence-corrected chi connectivity index (χ3v) is 4.84. The number of rotatable bonds is 3. The van der Waals surface area contributed by atoms with E-state index in [2.05, 4.69) is 27.3 Å². The van der Waals surface area contributed by atoms with Crippen LogP contribution >= 0.6 is 22.6 Å². The third kappa shape index (κ3) is 3.38. The number of nitrogen functional groups attached to an aromatic ring is 1. The SMILES string of the molecule is Cc1ccc(N)cc1S(=O)(=O)Nc1ccc(I)cc1. The van der Waals surface area contributed by atoms with Crippen molar-refractivity contribution in [1.29, 1.82) is 0 Å². The van der Waals surface area contributed by atoms with Gasteiger partial charge in [0.05, 0.1) is 4.90 Å². The van der Waals surface area contributed by atoms with Gasteiger partial charge >= 0.3 is 0 Å². The van der Waals surface area contributed by atoms with Crippen molar-refractivity contribution >= 4 is 44.0 Å². The zero-order valence-electron chi connectivity index (χ0n) is 10.2. The highest BCUT2D eigenvalue weighted by atomic mass is 127. The minimum atomic E-state index is -3.61. The molecule has 2 aromatic carbocycles. The van der Waals surface area contributed by atoms with Gasteiger partial charge in [-0.05, 0) is 71.5 Å². The summed E-state index contributed by atoms with van der Waals surface area (Å²) in [7, 11) is -3.61. The molecule has 0 saturated heterocycles. The summed E-state index contributed by atoms with van der Waals surface area (Å²) in [4.78, 5) is 0.200. The second-order valence-corrected chi connectivity index (χ2v) is 7.03. The van der Waals surface area contributed by atoms with Crippen LogP contribution in [0.1, 0.15) is 5.56 Å². The van der Waals surface area contributed by atoms with E-state index in [-0.39, 0.29) is 4.90 Å². The molecule has 100 valence electrons. The Morgan fingerprint density at radius 3 is 2.37 bits per heavy atom. The molecule has 0 atom stereocenters. The van der Waals surface area contributed by atoms with Gasteiger partial charge in [0, 0.05) is 14.9 Å². The molecule has 0 aliphatic rings. The van der Waals surface area contributed by atoms with Crippen LogP contribution in [-0.4, -0.2) is 8.42 Å². The lowest BCUT2D eigenvalue weighted by atomic mass is 10.2. The highest BCUT2D eigenvalue weighted by Gasteiger charge is 2.17. The first-order valence-corrected chi connectivity index (χ1v) is 8.09. The Balaban J connectivity index is 2.37. The average molecular weight is 388 g/mol. The van der Waals surface area contributed by atoms with Gasteiger partial charge in [-0.3, -0.25) is 4.72 Å². The molecular weight excluding hydrogens is 375 g/mol. The monoisotopic (exact) mass is 388 g/mol. The van der Waals surface area contributed by atoms with Gasteiger partial charge in [0.25, 0.3) is 10.0 Å². The molecule has 4 nitrogen and oxygen atoms in total. The van der Waals surface area contributed by atoms with Crippen LogP contribution in [-0.2, 0) is 10.0 Å². The molecule has 0 aromatic heterocycles. The zero-order chi connectivity index (χ0) is 14.0. The summed E-state index contributed by atoms with van der Waals surface area (Å²) in [5.41, 5.74) is 7.26. The van der Waals surface area contributed by atoms with Crippen LogP contribution in [0.2, 0.25) is 0 Å². The number of aryl methyl sites for hydroxylation is 1. The smallest absolute Gasteiger partial charge is 0.262 e. The van der Waals surface area contributed by atoms with Crippen LogP contribution in [0.5, 0.6) is 0 Å². The fourth-order valence-corrected chi connectivity index (χ4v) is 3.33. The van der Waals surface area contributed by atoms with E-state index in [4.69, 9.17) is 5.73 Å². The van der Waals surface area contributed by atoms with Crippen molar-refractivity contribution in [3.8, 4) is 0 Å². The van der Waals surface area contributed by atoms with Crippen molar-refractivity contribution in [3.63, 3.8) is 0 Å². The highest BCUT2D eigenvalue weighted by Crippen LogP contribution is 2.22. The number of hydrogen-bond donors (Lipinski definition) is 2. The molecule has 0 amide bonds. The second kappa shape index (κ2) is 5.38. The average Bonchev–Trinajstić information content (AvgIpc) is 2.35. The van der Waals surface area contributed by atoms with Crippen molar-refractivity contribution in [2.75, 3.05) is 10.5 Å². The molecule has 0 radical (unpaired) electrons. The van der Waals surface area contributed by atoms with Crippen LogP contribution in [0.3, 0.4) is 0 Å². The molecule has 0 unspecified atom stereocenters. The Morgan fingerprint density at radius 2 is 1.74 bits per heavy atom. The standard InChI is InChI=1S/C13H13IN2O2S/c1-9-2-5-11(15)8-13(9)19(17,18)16-12-6-3-10(14)4-7-12/h2-8,16H,15H2,1H3. The van der Waals surface area contributed by atoms with Crippen molar-refractivity contribution in [2.24, 2.45) is 0 Å². The molecule has 0 heterocycles. The van der Waals surface area contributed by atoms with Crippen molar-refractivity contribution in [3.05, 3.63) is 51.6 Å². The second-order valence-electron chi connectivity index (χ2n) is 4.14. The van der Waals surface area contributed by atoms with Gasteiger partial charge < -0.3 is 5.73 Å². The number of anilines is 2. The molecule has 3 N–H and O–H groups in total. The molecule has 19 heavy (non-hydrogen) atoms. The molecule has 0 aliphatic heterocycles. The maximum absolute atomic E-state index is 12.3. The minimum absolute atomic E-state index is 0.200. The lowest BCUT2D eigenvalue weighted by Crippen LogP contribution is -2.14. The van der Waals surface area contributed by atoms with E-state index in [9.17, 15) is 8.42 Å². The Labute approximate surface area is 126 Å². The number of nitrogens with one attached hydrogen (secondary N) is 1. The van der Waals surface area contributed by atoms with Crippen molar-refractivity contribution < 1.29 is 8.42 Å². The summed E-state index contributed by atoms with van der Waals surface area (Å²) in [5, 5.41) is 0. The number of nitrogens with two attached hydrogens (primary N) is 1. The van der Waals surface area contributed by atoms with E-state index in [1.54, 1.807) is 31.2 Å². The zero-order valence-corrected chi connectivity index (χ0v) is 13.2. The fraction of sp³-hybridized carbons (Fsp3) is 0.0769. The first kappa shape index (κ1) is 14.1. The van der Waals surface area contributed by atoms with Gasteiger partial charge in [-0.15, -0.1) is 0 Å². The normalized spacial score (nSPS) is 11.3. The molecule has 0 bridgehead atoms. The van der Waals surface area contributed by atoms with Crippen LogP contribution in [0.25, 0.3) is 0 Å². The molecular formula is C13H13IN2O2S. The highest BCUT2D eigenvalue weighted by molar-refractivity contribution is 14.1. The predicted molar refractivity (Wildman–Crippen MR) is 85.6 cm³/mol. The van der Waals surface area contributed by atoms with E-state index in [1.807, 2.05) is 12.1 Å². The van der Waals surface area contributed by atoms with Crippen molar-refractivity contribution in [2.45, 2.75) is 11.8 Å². The maximum atomic E-state index is 12.3. The Morgan fingerprint density at radius 1 is 1.11 bits per heavy atom. The summed E-state index contributed by atoms with van der Waals surface area (Å²) >= 11 is 2.16. The summed E-state index contributed by atoms with van der Waals surface area (Å²) < 4.78 is 28.2. The third-order valence-electron chi connectivity index (χ3n) is 2.60. The van der Waals surface area contributed by atoms with Gasteiger partial charge in [-0.1, -0.05) is 6.07 Å². The lowest BCUT2D eigenvalue weighted by Gasteiger charge is -2.11. The largest absolute Gasteiger partial charge is 0.399 e. The molecule has 0 aliphatic carbocycles. The summed E-state index contributed by atoms with van der Waals surface area (Å²) in [6, 6.07) is 12.0. The van der Waals surface area contributed by atoms with Crippen LogP contribution < -0.4 is 10.5 Å². The minimum Gasteiger partial charge on any atom is -0.399 e. The van der Waals surface area contributed by atoms with E-state index in [0.717, 1.165) is 3.57 Å². The van der Waals surface area contributed by atoms with Gasteiger partial charge in [-0.2, -0.15) is 0 Å². The topological polar surface area (TPSA) is 72.2 Å². The van der Waals surface area contributed by atoms with E-state index in [1.165, 1.54) is 6.07 Å². The van der Waals surface area contributed by atoms with Gasteiger partial charge in [0.1, 0.15) is 0 Å². The molecule has 0 spiro atoms. The van der Waals surface area contributed by atoms with E-state index in [0.29, 0.717) is 16.9 Å². The summed E-state index contributed by atoms with van der Waals surface area (Å²) in [6.07, 6.45) is 0. The van der Waals surface area contributed by atoms with E-state index >= 15 is 0 Å². The van der Waals surface area contributed by atoms with Crippen LogP contribution in [0.4, 0.5) is 11.4 Å². The van der Waals surface area contributed by atoms with Gasteiger partial charge in [0.2, 0.25) is 0 Å². The number of hydrogen-bond acceptors (Lipinski definition) is 3. The summed E-state index contributed by atoms with van der Waals surface area (Å²) in [5.74, 6) is 0. The van der Waals surface area contributed by atoms with Crippen molar-refractivity contribution in [1.82, 2.24) is 0 Å². The van der Waals surface area contributed by atoms with Gasteiger partial charge in [-0.25, -0.2) is 8.42 Å². The number of halogens is 1. The molecule has 2 rings (SSSR count). The Kier molecular flexibility index (Phi) is 4.00. The first-order chi connectivity index (χ1) is 8.88. The Bertz CT molecular complexity index is 697. The van der Waals surface area contributed by atoms with Crippen LogP contribution in [0.15, 0.2) is 47.4 Å². The molecule has 2 aromatic rings. The molecule has 0 fully saturated rings.